The van der Waals surface area contributed by atoms with Crippen LogP contribution in [0.5, 0.6) is 0 Å². The minimum atomic E-state index is -1.69. The summed E-state index contributed by atoms with van der Waals surface area (Å²) < 4.78 is 20.6. The monoisotopic (exact) mass is 356 g/mol. The lowest BCUT2D eigenvalue weighted by molar-refractivity contribution is -0.357. The third-order valence-electron chi connectivity index (χ3n) is 4.19. The Morgan fingerprint density at radius 2 is 1.25 bits per heavy atom. The van der Waals surface area contributed by atoms with Gasteiger partial charge in [0.25, 0.3) is 0 Å². The smallest absolute Gasteiger partial charge is 0.187 e. The predicted octanol–water partition coefficient (Wildman–Crippen LogP) is -4.74. The molecule has 11 nitrogen and oxygen atoms in total. The van der Waals surface area contributed by atoms with Crippen LogP contribution in [0.1, 0.15) is 0 Å². The number of rotatable bonds is 5. The molecule has 10 atom stereocenters. The molecule has 2 saturated heterocycles. The average Bonchev–Trinajstić information content (AvgIpc) is 2.59. The third kappa shape index (κ3) is 3.71. The summed E-state index contributed by atoms with van der Waals surface area (Å²) in [5.41, 5.74) is 0. The Hall–Kier alpha value is -0.440. The number of hydrogen-bond donors (Lipinski definition) is 7. The Labute approximate surface area is 137 Å². The van der Waals surface area contributed by atoms with Crippen molar-refractivity contribution in [2.24, 2.45) is 0 Å². The van der Waals surface area contributed by atoms with E-state index in [1.807, 2.05) is 0 Å². The third-order valence-corrected chi connectivity index (χ3v) is 4.19. The maximum absolute atomic E-state index is 10.2. The standard InChI is InChI=1S/C13H24O11/c1-21-12-10(20)8(18)11(5(3-15)23-12)24-13-9(19)7(17)6(16)4(2-14)22-13/h4-20H,2-3H2,1H3/t4-,5-,6-,7+,8-,9+,10+,11?,12+,13-/m1/s1. The molecule has 2 heterocycles. The second-order valence-electron chi connectivity index (χ2n) is 5.74. The van der Waals surface area contributed by atoms with Crippen LogP contribution in [0.25, 0.3) is 0 Å². The number of aliphatic hydroxyl groups excluding tert-OH is 7. The zero-order chi connectivity index (χ0) is 18.0. The van der Waals surface area contributed by atoms with E-state index in [1.54, 1.807) is 0 Å². The van der Waals surface area contributed by atoms with Gasteiger partial charge in [0.2, 0.25) is 0 Å². The summed E-state index contributed by atoms with van der Waals surface area (Å²) in [4.78, 5) is 0. The second-order valence-corrected chi connectivity index (χ2v) is 5.74. The van der Waals surface area contributed by atoms with Crippen LogP contribution in [-0.4, -0.2) is 117 Å². The maximum atomic E-state index is 10.2. The maximum Gasteiger partial charge on any atom is 0.187 e. The van der Waals surface area contributed by atoms with E-state index in [-0.39, 0.29) is 0 Å². The molecule has 0 bridgehead atoms. The van der Waals surface area contributed by atoms with Crippen molar-refractivity contribution in [1.29, 1.82) is 0 Å². The van der Waals surface area contributed by atoms with E-state index < -0.39 is 74.6 Å². The summed E-state index contributed by atoms with van der Waals surface area (Å²) in [5, 5.41) is 68.0. The molecule has 2 aliphatic heterocycles. The van der Waals surface area contributed by atoms with Crippen molar-refractivity contribution in [3.8, 4) is 0 Å². The molecule has 0 spiro atoms. The van der Waals surface area contributed by atoms with Crippen molar-refractivity contribution in [3.05, 3.63) is 0 Å². The first-order valence-corrected chi connectivity index (χ1v) is 7.46. The summed E-state index contributed by atoms with van der Waals surface area (Å²) in [5.74, 6) is 0. The highest BCUT2D eigenvalue weighted by atomic mass is 16.7. The lowest BCUT2D eigenvalue weighted by atomic mass is 9.97. The second kappa shape index (κ2) is 8.29. The van der Waals surface area contributed by atoms with Crippen LogP contribution in [0.4, 0.5) is 0 Å². The molecule has 0 saturated carbocycles. The van der Waals surface area contributed by atoms with E-state index in [0.717, 1.165) is 0 Å². The molecular weight excluding hydrogens is 332 g/mol. The molecule has 7 N–H and O–H groups in total. The zero-order valence-corrected chi connectivity index (χ0v) is 13.0. The van der Waals surface area contributed by atoms with Gasteiger partial charge < -0.3 is 54.7 Å². The summed E-state index contributed by atoms with van der Waals surface area (Å²) >= 11 is 0. The number of aliphatic hydroxyl groups is 7. The first-order valence-electron chi connectivity index (χ1n) is 7.46. The van der Waals surface area contributed by atoms with Gasteiger partial charge >= 0.3 is 0 Å². The highest BCUT2D eigenvalue weighted by Gasteiger charge is 2.50. The Balaban J connectivity index is 2.12. The molecule has 0 aromatic carbocycles. The molecular formula is C13H24O11. The van der Waals surface area contributed by atoms with Crippen LogP contribution in [0, 0.1) is 0 Å². The lowest BCUT2D eigenvalue weighted by Gasteiger charge is -2.45. The van der Waals surface area contributed by atoms with Gasteiger partial charge in [0.05, 0.1) is 13.2 Å². The van der Waals surface area contributed by atoms with Crippen LogP contribution in [-0.2, 0) is 18.9 Å². The molecule has 0 aliphatic carbocycles. The molecule has 1 unspecified atom stereocenters. The number of ether oxygens (including phenoxy) is 4. The van der Waals surface area contributed by atoms with Gasteiger partial charge in [-0.25, -0.2) is 0 Å². The van der Waals surface area contributed by atoms with Crippen molar-refractivity contribution >= 4 is 0 Å². The van der Waals surface area contributed by atoms with E-state index in [2.05, 4.69) is 0 Å². The van der Waals surface area contributed by atoms with E-state index in [4.69, 9.17) is 24.1 Å². The Bertz CT molecular complexity index is 392. The highest BCUT2D eigenvalue weighted by molar-refractivity contribution is 4.93. The minimum absolute atomic E-state index is 0.592. The van der Waals surface area contributed by atoms with Gasteiger partial charge in [0.15, 0.2) is 12.6 Å². The molecule has 0 aromatic rings. The Morgan fingerprint density at radius 3 is 1.79 bits per heavy atom. The van der Waals surface area contributed by atoms with Gasteiger partial charge in [0.1, 0.15) is 48.8 Å². The van der Waals surface area contributed by atoms with Crippen molar-refractivity contribution in [3.63, 3.8) is 0 Å². The Kier molecular flexibility index (Phi) is 6.87. The Morgan fingerprint density at radius 1 is 0.708 bits per heavy atom. The van der Waals surface area contributed by atoms with Crippen molar-refractivity contribution in [2.75, 3.05) is 20.3 Å². The van der Waals surface area contributed by atoms with Gasteiger partial charge in [-0.15, -0.1) is 0 Å². The molecule has 11 heteroatoms. The fourth-order valence-corrected chi connectivity index (χ4v) is 2.75. The van der Waals surface area contributed by atoms with E-state index in [9.17, 15) is 30.6 Å². The molecule has 24 heavy (non-hydrogen) atoms. The largest absolute Gasteiger partial charge is 0.394 e. The quantitative estimate of drug-likeness (QED) is 0.251. The van der Waals surface area contributed by atoms with Gasteiger partial charge in [0, 0.05) is 7.11 Å². The molecule has 2 aliphatic rings. The minimum Gasteiger partial charge on any atom is -0.394 e. The van der Waals surface area contributed by atoms with E-state index in [1.165, 1.54) is 7.11 Å². The molecule has 0 amide bonds. The molecule has 0 radical (unpaired) electrons. The van der Waals surface area contributed by atoms with Crippen LogP contribution in [0.2, 0.25) is 0 Å². The van der Waals surface area contributed by atoms with Crippen LogP contribution in [0.3, 0.4) is 0 Å². The molecule has 0 aromatic heterocycles. The number of methoxy groups -OCH3 is 1. The van der Waals surface area contributed by atoms with Crippen LogP contribution >= 0.6 is 0 Å². The zero-order valence-electron chi connectivity index (χ0n) is 13.0. The molecule has 142 valence electrons. The van der Waals surface area contributed by atoms with Gasteiger partial charge in [-0.3, -0.25) is 0 Å². The van der Waals surface area contributed by atoms with Crippen molar-refractivity contribution in [1.82, 2.24) is 0 Å². The lowest BCUT2D eigenvalue weighted by Crippen LogP contribution is -2.64. The van der Waals surface area contributed by atoms with Crippen LogP contribution in [0.15, 0.2) is 0 Å². The SMILES string of the molecule is CO[C@H]1O[C@H](CO)C(O[C@H]2O[C@H](CO)[C@@H](O)[C@H](O)[C@@H]2O)[C@H](O)[C@@H]1O. The molecule has 2 fully saturated rings. The van der Waals surface area contributed by atoms with E-state index >= 15 is 0 Å². The van der Waals surface area contributed by atoms with E-state index in [0.29, 0.717) is 0 Å². The summed E-state index contributed by atoms with van der Waals surface area (Å²) in [6.45, 7) is -1.24. The fourth-order valence-electron chi connectivity index (χ4n) is 2.75. The highest BCUT2D eigenvalue weighted by Crippen LogP contribution is 2.29. The van der Waals surface area contributed by atoms with Gasteiger partial charge in [-0.1, -0.05) is 0 Å². The predicted molar refractivity (Wildman–Crippen MR) is 73.4 cm³/mol. The fraction of sp³-hybridized carbons (Fsp3) is 1.00. The normalized spacial score (nSPS) is 50.0. The first kappa shape index (κ1) is 19.9. The van der Waals surface area contributed by atoms with Crippen molar-refractivity contribution < 1.29 is 54.7 Å². The van der Waals surface area contributed by atoms with Crippen molar-refractivity contribution in [2.45, 2.75) is 61.4 Å². The van der Waals surface area contributed by atoms with Crippen LogP contribution < -0.4 is 0 Å². The first-order chi connectivity index (χ1) is 11.3. The summed E-state index contributed by atoms with van der Waals surface area (Å²) in [6.07, 6.45) is -14.3. The summed E-state index contributed by atoms with van der Waals surface area (Å²) in [6, 6.07) is 0. The average molecular weight is 356 g/mol. The summed E-state index contributed by atoms with van der Waals surface area (Å²) in [7, 11) is 1.24. The molecule has 2 rings (SSSR count). The topological polar surface area (TPSA) is 179 Å². The van der Waals surface area contributed by atoms with Gasteiger partial charge in [-0.2, -0.15) is 0 Å². The van der Waals surface area contributed by atoms with Gasteiger partial charge in [-0.05, 0) is 0 Å². The number of hydrogen-bond acceptors (Lipinski definition) is 11.